The summed E-state index contributed by atoms with van der Waals surface area (Å²) in [5.41, 5.74) is 1.22. The van der Waals surface area contributed by atoms with Crippen LogP contribution < -0.4 is 10.1 Å². The Balaban J connectivity index is 1.74. The first-order chi connectivity index (χ1) is 12.6. The Kier molecular flexibility index (Phi) is 8.75. The number of rotatable bonds is 8. The Morgan fingerprint density at radius 2 is 1.96 bits per heavy atom. The van der Waals surface area contributed by atoms with Gasteiger partial charge in [0.1, 0.15) is 5.75 Å². The third-order valence-corrected chi connectivity index (χ3v) is 4.74. The summed E-state index contributed by atoms with van der Waals surface area (Å²) in [7, 11) is 3.95. The Hall–Kier alpha value is -1.75. The third kappa shape index (κ3) is 7.24. The zero-order valence-corrected chi connectivity index (χ0v) is 16.8. The first kappa shape index (κ1) is 20.6. The van der Waals surface area contributed by atoms with Gasteiger partial charge >= 0.3 is 0 Å². The predicted molar refractivity (Wildman–Crippen MR) is 108 cm³/mol. The lowest BCUT2D eigenvalue weighted by molar-refractivity contribution is 0.0625. The molecule has 0 atom stereocenters. The van der Waals surface area contributed by atoms with E-state index in [-0.39, 0.29) is 0 Å². The molecule has 2 rings (SSSR count). The van der Waals surface area contributed by atoms with Crippen molar-refractivity contribution in [3.8, 4) is 5.75 Å². The van der Waals surface area contributed by atoms with E-state index in [1.54, 1.807) is 0 Å². The van der Waals surface area contributed by atoms with Crippen LogP contribution in [0.1, 0.15) is 38.7 Å². The van der Waals surface area contributed by atoms with Gasteiger partial charge in [0.25, 0.3) is 0 Å². The van der Waals surface area contributed by atoms with E-state index in [9.17, 15) is 0 Å². The monoisotopic (exact) mass is 361 g/mol. The highest BCUT2D eigenvalue weighted by Gasteiger charge is 2.15. The fourth-order valence-electron chi connectivity index (χ4n) is 3.05. The van der Waals surface area contributed by atoms with Crippen molar-refractivity contribution in [1.29, 1.82) is 0 Å². The van der Waals surface area contributed by atoms with Gasteiger partial charge in [-0.3, -0.25) is 4.99 Å². The molecule has 0 aliphatic carbocycles. The molecule has 1 fully saturated rings. The van der Waals surface area contributed by atoms with Crippen molar-refractivity contribution in [2.24, 2.45) is 16.8 Å². The van der Waals surface area contributed by atoms with Crippen molar-refractivity contribution >= 4 is 5.96 Å². The maximum absolute atomic E-state index is 5.74. The van der Waals surface area contributed by atoms with Gasteiger partial charge in [-0.2, -0.15) is 0 Å². The molecule has 5 nitrogen and oxygen atoms in total. The maximum atomic E-state index is 5.74. The van der Waals surface area contributed by atoms with Gasteiger partial charge in [-0.05, 0) is 48.8 Å². The van der Waals surface area contributed by atoms with Crippen LogP contribution in [0.3, 0.4) is 0 Å². The van der Waals surface area contributed by atoms with Crippen molar-refractivity contribution < 1.29 is 9.47 Å². The Labute approximate surface area is 158 Å². The first-order valence-electron chi connectivity index (χ1n) is 9.79. The van der Waals surface area contributed by atoms with Crippen LogP contribution in [-0.4, -0.2) is 51.3 Å². The summed E-state index contributed by atoms with van der Waals surface area (Å²) >= 11 is 0. The van der Waals surface area contributed by atoms with E-state index in [1.165, 1.54) is 24.8 Å². The topological polar surface area (TPSA) is 46.1 Å². The Morgan fingerprint density at radius 3 is 2.58 bits per heavy atom. The molecule has 0 unspecified atom stereocenters. The smallest absolute Gasteiger partial charge is 0.193 e. The van der Waals surface area contributed by atoms with E-state index in [0.29, 0.717) is 5.92 Å². The zero-order valence-electron chi connectivity index (χ0n) is 16.8. The number of aliphatic imine (C=N–C) groups is 1. The third-order valence-electron chi connectivity index (χ3n) is 4.74. The van der Waals surface area contributed by atoms with E-state index in [2.05, 4.69) is 48.2 Å². The minimum Gasteiger partial charge on any atom is -0.493 e. The minimum atomic E-state index is 0.538. The van der Waals surface area contributed by atoms with Crippen LogP contribution in [0, 0.1) is 11.8 Å². The molecule has 1 aromatic carbocycles. The molecule has 1 aliphatic heterocycles. The average molecular weight is 362 g/mol. The largest absolute Gasteiger partial charge is 0.493 e. The standard InChI is InChI=1S/C21H35N3O2/c1-17(2)16-26-20-7-5-19(6-8-20)15-23-21(22-3)24(4)12-9-18-10-13-25-14-11-18/h5-8,17-18H,9-16H2,1-4H3,(H,22,23). The van der Waals surface area contributed by atoms with Gasteiger partial charge in [0, 0.05) is 40.4 Å². The molecular formula is C21H35N3O2. The zero-order chi connectivity index (χ0) is 18.8. The summed E-state index contributed by atoms with van der Waals surface area (Å²) in [6.07, 6.45) is 3.57. The molecule has 26 heavy (non-hydrogen) atoms. The summed E-state index contributed by atoms with van der Waals surface area (Å²) in [5.74, 6) is 3.19. The molecule has 1 aromatic rings. The van der Waals surface area contributed by atoms with Crippen LogP contribution in [-0.2, 0) is 11.3 Å². The van der Waals surface area contributed by atoms with Crippen LogP contribution in [0.5, 0.6) is 5.75 Å². The predicted octanol–water partition coefficient (Wildman–Crippen LogP) is 3.55. The Morgan fingerprint density at radius 1 is 1.27 bits per heavy atom. The highest BCUT2D eigenvalue weighted by Crippen LogP contribution is 2.18. The molecule has 1 saturated heterocycles. The van der Waals surface area contributed by atoms with E-state index < -0.39 is 0 Å². The van der Waals surface area contributed by atoms with Crippen LogP contribution in [0.4, 0.5) is 0 Å². The summed E-state index contributed by atoms with van der Waals surface area (Å²) < 4.78 is 11.2. The van der Waals surface area contributed by atoms with Crippen molar-refractivity contribution in [3.05, 3.63) is 29.8 Å². The molecule has 1 N–H and O–H groups in total. The first-order valence-corrected chi connectivity index (χ1v) is 9.79. The van der Waals surface area contributed by atoms with E-state index in [4.69, 9.17) is 9.47 Å². The number of hydrogen-bond donors (Lipinski definition) is 1. The summed E-state index contributed by atoms with van der Waals surface area (Å²) in [4.78, 5) is 6.63. The second kappa shape index (κ2) is 11.1. The molecule has 0 bridgehead atoms. The quantitative estimate of drug-likeness (QED) is 0.568. The van der Waals surface area contributed by atoms with Gasteiger partial charge in [-0.1, -0.05) is 26.0 Å². The van der Waals surface area contributed by atoms with Gasteiger partial charge in [-0.25, -0.2) is 0 Å². The lowest BCUT2D eigenvalue weighted by atomic mass is 9.96. The van der Waals surface area contributed by atoms with E-state index >= 15 is 0 Å². The van der Waals surface area contributed by atoms with Gasteiger partial charge in [0.2, 0.25) is 0 Å². The van der Waals surface area contributed by atoms with Crippen LogP contribution in [0.25, 0.3) is 0 Å². The second-order valence-corrected chi connectivity index (χ2v) is 7.52. The van der Waals surface area contributed by atoms with E-state index in [0.717, 1.165) is 50.5 Å². The number of guanidine groups is 1. The fourth-order valence-corrected chi connectivity index (χ4v) is 3.05. The van der Waals surface area contributed by atoms with Crippen molar-refractivity contribution in [3.63, 3.8) is 0 Å². The number of nitrogens with zero attached hydrogens (tertiary/aromatic N) is 2. The molecule has 0 aromatic heterocycles. The van der Waals surface area contributed by atoms with Crippen LogP contribution in [0.2, 0.25) is 0 Å². The molecule has 0 amide bonds. The summed E-state index contributed by atoms with van der Waals surface area (Å²) in [5, 5.41) is 3.45. The van der Waals surface area contributed by atoms with Crippen molar-refractivity contribution in [2.75, 3.05) is 40.5 Å². The molecule has 0 spiro atoms. The molecule has 0 radical (unpaired) electrons. The van der Waals surface area contributed by atoms with Gasteiger partial charge < -0.3 is 19.7 Å². The summed E-state index contributed by atoms with van der Waals surface area (Å²) in [6, 6.07) is 8.30. The van der Waals surface area contributed by atoms with Crippen molar-refractivity contribution in [2.45, 2.75) is 39.7 Å². The van der Waals surface area contributed by atoms with Gasteiger partial charge in [0.15, 0.2) is 5.96 Å². The minimum absolute atomic E-state index is 0.538. The van der Waals surface area contributed by atoms with Gasteiger partial charge in [-0.15, -0.1) is 0 Å². The molecule has 1 aliphatic rings. The van der Waals surface area contributed by atoms with E-state index in [1.807, 2.05) is 19.2 Å². The number of nitrogens with one attached hydrogen (secondary N) is 1. The number of ether oxygens (including phenoxy) is 2. The normalized spacial score (nSPS) is 16.0. The maximum Gasteiger partial charge on any atom is 0.193 e. The molecule has 146 valence electrons. The highest BCUT2D eigenvalue weighted by molar-refractivity contribution is 5.79. The molecule has 5 heteroatoms. The molecule has 0 saturated carbocycles. The fraction of sp³-hybridized carbons (Fsp3) is 0.667. The lowest BCUT2D eigenvalue weighted by Gasteiger charge is -2.26. The van der Waals surface area contributed by atoms with Gasteiger partial charge in [0.05, 0.1) is 6.61 Å². The van der Waals surface area contributed by atoms with Crippen LogP contribution >= 0.6 is 0 Å². The number of benzene rings is 1. The van der Waals surface area contributed by atoms with Crippen molar-refractivity contribution in [1.82, 2.24) is 10.2 Å². The highest BCUT2D eigenvalue weighted by atomic mass is 16.5. The SMILES string of the molecule is CN=C(NCc1ccc(OCC(C)C)cc1)N(C)CCC1CCOCC1. The second-order valence-electron chi connectivity index (χ2n) is 7.52. The molecule has 1 heterocycles. The molecular weight excluding hydrogens is 326 g/mol. The number of hydrogen-bond acceptors (Lipinski definition) is 3. The Bertz CT molecular complexity index is 537. The average Bonchev–Trinajstić information content (AvgIpc) is 2.67. The van der Waals surface area contributed by atoms with Crippen LogP contribution in [0.15, 0.2) is 29.3 Å². The lowest BCUT2D eigenvalue weighted by Crippen LogP contribution is -2.39. The summed E-state index contributed by atoms with van der Waals surface area (Å²) in [6.45, 7) is 8.68.